The third kappa shape index (κ3) is 4.73. The lowest BCUT2D eigenvalue weighted by Crippen LogP contribution is -2.47. The van der Waals surface area contributed by atoms with Crippen LogP contribution in [-0.4, -0.2) is 47.6 Å². The van der Waals surface area contributed by atoms with Gasteiger partial charge in [0.25, 0.3) is 0 Å². The van der Waals surface area contributed by atoms with Gasteiger partial charge in [-0.1, -0.05) is 13.8 Å². The number of carboxylic acids is 1. The Balaban J connectivity index is 2.37. The van der Waals surface area contributed by atoms with Crippen LogP contribution in [0.5, 0.6) is 0 Å². The van der Waals surface area contributed by atoms with Crippen molar-refractivity contribution in [2.45, 2.75) is 33.2 Å². The number of amides is 1. The molecule has 0 aromatic carbocycles. The van der Waals surface area contributed by atoms with Crippen LogP contribution in [0.15, 0.2) is 0 Å². The van der Waals surface area contributed by atoms with Crippen LogP contribution in [-0.2, 0) is 9.59 Å². The molecule has 0 aromatic heterocycles. The summed E-state index contributed by atoms with van der Waals surface area (Å²) in [5, 5.41) is 11.2. The molecule has 0 aliphatic carbocycles. The zero-order valence-electron chi connectivity index (χ0n) is 10.8. The summed E-state index contributed by atoms with van der Waals surface area (Å²) in [4.78, 5) is 24.3. The summed E-state index contributed by atoms with van der Waals surface area (Å²) < 4.78 is 0. The summed E-state index contributed by atoms with van der Waals surface area (Å²) in [6, 6.07) is -0.817. The van der Waals surface area contributed by atoms with Crippen molar-refractivity contribution < 1.29 is 14.7 Å². The highest BCUT2D eigenvalue weighted by Gasteiger charge is 2.24. The van der Waals surface area contributed by atoms with E-state index in [1.165, 1.54) is 13.3 Å². The lowest BCUT2D eigenvalue weighted by molar-refractivity contribution is -0.141. The topological polar surface area (TPSA) is 69.6 Å². The number of rotatable bonds is 4. The molecule has 1 rings (SSSR count). The molecule has 0 bridgehead atoms. The van der Waals surface area contributed by atoms with E-state index in [0.29, 0.717) is 18.4 Å². The van der Waals surface area contributed by atoms with Gasteiger partial charge in [-0.2, -0.15) is 0 Å². The number of hydrogen-bond donors (Lipinski definition) is 2. The highest BCUT2D eigenvalue weighted by atomic mass is 16.4. The van der Waals surface area contributed by atoms with Gasteiger partial charge in [-0.05, 0) is 25.2 Å². The van der Waals surface area contributed by atoms with Gasteiger partial charge in [-0.3, -0.25) is 14.5 Å². The monoisotopic (exact) mass is 242 g/mol. The van der Waals surface area contributed by atoms with Gasteiger partial charge in [0.1, 0.15) is 6.04 Å². The van der Waals surface area contributed by atoms with E-state index in [1.807, 2.05) is 0 Å². The fraction of sp³-hybridized carbons (Fsp3) is 0.833. The lowest BCUT2D eigenvalue weighted by atomic mass is 9.92. The molecule has 3 atom stereocenters. The maximum Gasteiger partial charge on any atom is 0.325 e. The minimum atomic E-state index is -1.00. The van der Waals surface area contributed by atoms with E-state index >= 15 is 0 Å². The Hall–Kier alpha value is -1.10. The molecule has 1 amide bonds. The maximum atomic E-state index is 11.6. The van der Waals surface area contributed by atoms with Crippen LogP contribution in [0.3, 0.4) is 0 Å². The van der Waals surface area contributed by atoms with Gasteiger partial charge in [0.15, 0.2) is 0 Å². The molecule has 2 N–H and O–H groups in total. The highest BCUT2D eigenvalue weighted by Crippen LogP contribution is 2.20. The molecule has 5 nitrogen and oxygen atoms in total. The molecular formula is C12H22N2O3. The van der Waals surface area contributed by atoms with Crippen LogP contribution >= 0.6 is 0 Å². The van der Waals surface area contributed by atoms with Gasteiger partial charge in [0, 0.05) is 13.1 Å². The maximum absolute atomic E-state index is 11.6. The van der Waals surface area contributed by atoms with Crippen LogP contribution in [0.4, 0.5) is 0 Å². The Morgan fingerprint density at radius 2 is 1.88 bits per heavy atom. The van der Waals surface area contributed by atoms with Crippen LogP contribution in [0, 0.1) is 11.8 Å². The number of likely N-dealkylation sites (tertiary alicyclic amines) is 1. The number of carbonyl (C=O) groups is 2. The van der Waals surface area contributed by atoms with Crippen molar-refractivity contribution >= 4 is 11.9 Å². The molecule has 5 heteroatoms. The van der Waals surface area contributed by atoms with Gasteiger partial charge in [-0.25, -0.2) is 0 Å². The average Bonchev–Trinajstić information content (AvgIpc) is 2.14. The Bertz CT molecular complexity index is 283. The van der Waals surface area contributed by atoms with Crippen molar-refractivity contribution in [1.29, 1.82) is 0 Å². The third-order valence-corrected chi connectivity index (χ3v) is 3.06. The Morgan fingerprint density at radius 3 is 2.35 bits per heavy atom. The summed E-state index contributed by atoms with van der Waals surface area (Å²) in [5.74, 6) is -0.00757. The van der Waals surface area contributed by atoms with Gasteiger partial charge in [-0.15, -0.1) is 0 Å². The summed E-state index contributed by atoms with van der Waals surface area (Å²) >= 11 is 0. The minimum absolute atomic E-state index is 0.207. The number of aliphatic carboxylic acids is 1. The predicted octanol–water partition coefficient (Wildman–Crippen LogP) is 0.554. The molecule has 0 saturated carbocycles. The predicted molar refractivity (Wildman–Crippen MR) is 64.6 cm³/mol. The first-order chi connectivity index (χ1) is 7.88. The summed E-state index contributed by atoms with van der Waals surface area (Å²) in [6.45, 7) is 7.97. The molecule has 1 aliphatic rings. The molecule has 1 heterocycles. The molecule has 3 unspecified atom stereocenters. The summed E-state index contributed by atoms with van der Waals surface area (Å²) in [5.41, 5.74) is 0. The molecule has 0 spiro atoms. The second kappa shape index (κ2) is 6.00. The molecule has 1 saturated heterocycles. The highest BCUT2D eigenvalue weighted by molar-refractivity contribution is 5.84. The van der Waals surface area contributed by atoms with E-state index in [9.17, 15) is 9.59 Å². The molecule has 1 aliphatic heterocycles. The van der Waals surface area contributed by atoms with E-state index in [-0.39, 0.29) is 5.91 Å². The van der Waals surface area contributed by atoms with E-state index in [1.54, 1.807) is 0 Å². The first kappa shape index (κ1) is 14.0. The van der Waals surface area contributed by atoms with E-state index in [2.05, 4.69) is 24.1 Å². The van der Waals surface area contributed by atoms with Crippen LogP contribution in [0.25, 0.3) is 0 Å². The number of carbonyl (C=O) groups excluding carboxylic acids is 1. The number of carboxylic acid groups (broad SMARTS) is 1. The van der Waals surface area contributed by atoms with Crippen molar-refractivity contribution in [2.75, 3.05) is 19.6 Å². The van der Waals surface area contributed by atoms with E-state index < -0.39 is 12.0 Å². The van der Waals surface area contributed by atoms with Crippen LogP contribution < -0.4 is 5.32 Å². The van der Waals surface area contributed by atoms with Gasteiger partial charge < -0.3 is 10.4 Å². The average molecular weight is 242 g/mol. The number of nitrogens with one attached hydrogen (secondary N) is 1. The fourth-order valence-corrected chi connectivity index (χ4v) is 2.47. The van der Waals surface area contributed by atoms with Crippen LogP contribution in [0.2, 0.25) is 0 Å². The number of nitrogens with zero attached hydrogens (tertiary/aromatic N) is 1. The molecule has 17 heavy (non-hydrogen) atoms. The van der Waals surface area contributed by atoms with Crippen molar-refractivity contribution in [3.8, 4) is 0 Å². The lowest BCUT2D eigenvalue weighted by Gasteiger charge is -2.34. The molecular weight excluding hydrogens is 220 g/mol. The summed E-state index contributed by atoms with van der Waals surface area (Å²) in [6.07, 6.45) is 1.20. The van der Waals surface area contributed by atoms with Crippen molar-refractivity contribution in [2.24, 2.45) is 11.8 Å². The second-order valence-electron chi connectivity index (χ2n) is 5.27. The zero-order chi connectivity index (χ0) is 13.0. The first-order valence-corrected chi connectivity index (χ1v) is 6.13. The van der Waals surface area contributed by atoms with Crippen LogP contribution in [0.1, 0.15) is 27.2 Å². The number of hydrogen-bond acceptors (Lipinski definition) is 3. The van der Waals surface area contributed by atoms with E-state index in [4.69, 9.17) is 5.11 Å². The van der Waals surface area contributed by atoms with E-state index in [0.717, 1.165) is 13.1 Å². The normalized spacial score (nSPS) is 27.5. The Morgan fingerprint density at radius 1 is 1.35 bits per heavy atom. The van der Waals surface area contributed by atoms with Gasteiger partial charge in [0.05, 0.1) is 6.54 Å². The smallest absolute Gasteiger partial charge is 0.325 e. The van der Waals surface area contributed by atoms with Crippen molar-refractivity contribution in [1.82, 2.24) is 10.2 Å². The van der Waals surface area contributed by atoms with Crippen molar-refractivity contribution in [3.63, 3.8) is 0 Å². The number of piperidine rings is 1. The van der Waals surface area contributed by atoms with Gasteiger partial charge in [0.2, 0.25) is 5.91 Å². The third-order valence-electron chi connectivity index (χ3n) is 3.06. The molecule has 1 fully saturated rings. The molecule has 98 valence electrons. The molecule has 0 radical (unpaired) electrons. The first-order valence-electron chi connectivity index (χ1n) is 6.13. The SMILES string of the molecule is CC1CC(C)CN(CC(=O)NC(C)C(=O)O)C1. The fourth-order valence-electron chi connectivity index (χ4n) is 2.47. The van der Waals surface area contributed by atoms with Crippen molar-refractivity contribution in [3.05, 3.63) is 0 Å². The minimum Gasteiger partial charge on any atom is -0.480 e. The second-order valence-corrected chi connectivity index (χ2v) is 5.27. The van der Waals surface area contributed by atoms with Gasteiger partial charge >= 0.3 is 5.97 Å². The quantitative estimate of drug-likeness (QED) is 0.755. The Kier molecular flexibility index (Phi) is 4.93. The molecule has 0 aromatic rings. The zero-order valence-corrected chi connectivity index (χ0v) is 10.8. The standard InChI is InChI=1S/C12H22N2O3/c1-8-4-9(2)6-14(5-8)7-11(15)13-10(3)12(16)17/h8-10H,4-7H2,1-3H3,(H,13,15)(H,16,17). The Labute approximate surface area is 102 Å². The largest absolute Gasteiger partial charge is 0.480 e. The summed E-state index contributed by atoms with van der Waals surface area (Å²) in [7, 11) is 0.